The number of halogens is 3. The lowest BCUT2D eigenvalue weighted by Crippen LogP contribution is -2.40. The number of aryl methyl sites for hydroxylation is 1. The maximum absolute atomic E-state index is 14.0. The van der Waals surface area contributed by atoms with E-state index >= 15 is 0 Å². The van der Waals surface area contributed by atoms with E-state index in [1.54, 1.807) is 6.92 Å². The van der Waals surface area contributed by atoms with Crippen molar-refractivity contribution in [2.45, 2.75) is 65.3 Å². The lowest BCUT2D eigenvalue weighted by molar-refractivity contribution is -0.384. The van der Waals surface area contributed by atoms with Gasteiger partial charge in [0.2, 0.25) is 0 Å². The number of alkyl halides is 3. The van der Waals surface area contributed by atoms with Gasteiger partial charge in [0.15, 0.2) is 0 Å². The van der Waals surface area contributed by atoms with Crippen molar-refractivity contribution in [2.24, 2.45) is 5.41 Å². The zero-order valence-electron chi connectivity index (χ0n) is 22.2. The molecule has 1 aliphatic carbocycles. The van der Waals surface area contributed by atoms with Gasteiger partial charge in [-0.05, 0) is 67.9 Å². The Hall–Kier alpha value is -3.89. The van der Waals surface area contributed by atoms with Crippen LogP contribution in [0.1, 0.15) is 68.4 Å². The van der Waals surface area contributed by atoms with E-state index in [9.17, 15) is 32.9 Å². The lowest BCUT2D eigenvalue weighted by Gasteiger charge is -2.34. The Kier molecular flexibility index (Phi) is 7.22. The molecule has 2 atom stereocenters. The van der Waals surface area contributed by atoms with Gasteiger partial charge in [-0.2, -0.15) is 13.2 Å². The summed E-state index contributed by atoms with van der Waals surface area (Å²) in [6.07, 6.45) is -5.30. The normalized spacial score (nSPS) is 21.1. The van der Waals surface area contributed by atoms with Crippen LogP contribution in [0.15, 0.2) is 42.0 Å². The van der Waals surface area contributed by atoms with Crippen molar-refractivity contribution in [1.82, 2.24) is 4.90 Å². The molecule has 0 aromatic heterocycles. The molecule has 2 aromatic carbocycles. The number of hydrogen-bond acceptors (Lipinski definition) is 6. The molecule has 4 rings (SSSR count). The molecular formula is C28H29F3N2O6. The minimum Gasteiger partial charge on any atom is -0.496 e. The molecule has 8 nitrogen and oxygen atoms in total. The van der Waals surface area contributed by atoms with E-state index in [1.165, 1.54) is 38.3 Å². The standard InChI is InChI=1S/C28H29F3N2O6/c1-15-10-17(12-18(11-15)28(29,30)31)24-16(2)32(26(35)39-24)25(34)22-14-27(3,4)9-8-20(22)21-13-19(33(36)37)6-7-23(21)38-5/h6-7,10-13,16,24H,8-9,14H2,1-5H3/t16-,24-/m0/s1. The summed E-state index contributed by atoms with van der Waals surface area (Å²) in [6, 6.07) is 6.64. The first-order valence-corrected chi connectivity index (χ1v) is 12.4. The largest absolute Gasteiger partial charge is 0.496 e. The minimum atomic E-state index is -4.59. The summed E-state index contributed by atoms with van der Waals surface area (Å²) in [5, 5.41) is 11.5. The van der Waals surface area contributed by atoms with Crippen molar-refractivity contribution >= 4 is 23.3 Å². The van der Waals surface area contributed by atoms with Crippen LogP contribution in [0.3, 0.4) is 0 Å². The van der Waals surface area contributed by atoms with Crippen molar-refractivity contribution < 1.29 is 37.2 Å². The van der Waals surface area contributed by atoms with Gasteiger partial charge in [-0.25, -0.2) is 9.69 Å². The highest BCUT2D eigenvalue weighted by Gasteiger charge is 2.46. The molecule has 1 saturated heterocycles. The van der Waals surface area contributed by atoms with Gasteiger partial charge >= 0.3 is 12.3 Å². The Morgan fingerprint density at radius 3 is 2.51 bits per heavy atom. The van der Waals surface area contributed by atoms with Crippen LogP contribution in [0.5, 0.6) is 5.75 Å². The minimum absolute atomic E-state index is 0.136. The number of carbonyl (C=O) groups excluding carboxylic acids is 2. The third-order valence-corrected chi connectivity index (χ3v) is 7.29. The summed E-state index contributed by atoms with van der Waals surface area (Å²) in [4.78, 5) is 38.9. The lowest BCUT2D eigenvalue weighted by atomic mass is 9.72. The number of amides is 2. The van der Waals surface area contributed by atoms with E-state index in [-0.39, 0.29) is 28.7 Å². The Labute approximate surface area is 223 Å². The number of methoxy groups -OCH3 is 1. The van der Waals surface area contributed by atoms with Gasteiger partial charge in [0.25, 0.3) is 11.6 Å². The van der Waals surface area contributed by atoms with Gasteiger partial charge in [-0.1, -0.05) is 25.5 Å². The molecule has 208 valence electrons. The molecule has 1 fully saturated rings. The third-order valence-electron chi connectivity index (χ3n) is 7.29. The van der Waals surface area contributed by atoms with Crippen molar-refractivity contribution in [2.75, 3.05) is 7.11 Å². The molecule has 0 N–H and O–H groups in total. The van der Waals surface area contributed by atoms with Gasteiger partial charge in [-0.15, -0.1) is 0 Å². The topological polar surface area (TPSA) is 99.0 Å². The van der Waals surface area contributed by atoms with Crippen molar-refractivity contribution in [3.63, 3.8) is 0 Å². The van der Waals surface area contributed by atoms with Gasteiger partial charge in [0.1, 0.15) is 11.9 Å². The fraction of sp³-hybridized carbons (Fsp3) is 0.429. The number of ether oxygens (including phenoxy) is 2. The molecule has 39 heavy (non-hydrogen) atoms. The van der Waals surface area contributed by atoms with Gasteiger partial charge in [0, 0.05) is 23.3 Å². The summed E-state index contributed by atoms with van der Waals surface area (Å²) < 4.78 is 51.2. The second-order valence-corrected chi connectivity index (χ2v) is 10.8. The van der Waals surface area contributed by atoms with Crippen LogP contribution in [0.4, 0.5) is 23.7 Å². The van der Waals surface area contributed by atoms with E-state index < -0.39 is 40.8 Å². The third kappa shape index (κ3) is 5.48. The van der Waals surface area contributed by atoms with E-state index in [4.69, 9.17) is 9.47 Å². The number of carbonyl (C=O) groups is 2. The molecule has 0 saturated carbocycles. The first-order valence-electron chi connectivity index (χ1n) is 12.4. The average molecular weight is 547 g/mol. The maximum Gasteiger partial charge on any atom is 0.417 e. The SMILES string of the molecule is COc1ccc([N+](=O)[O-])cc1C1=C(C(=O)N2C(=O)O[C@H](c3cc(C)cc(C(F)(F)F)c3)[C@@H]2C)CC(C)(C)CC1. The molecule has 0 radical (unpaired) electrons. The van der Waals surface area contributed by atoms with Crippen LogP contribution in [-0.4, -0.2) is 35.0 Å². The van der Waals surface area contributed by atoms with Crippen LogP contribution in [0.25, 0.3) is 5.57 Å². The van der Waals surface area contributed by atoms with Crippen molar-refractivity contribution in [1.29, 1.82) is 0 Å². The fourth-order valence-electron chi connectivity index (χ4n) is 5.30. The number of nitro groups is 1. The number of imide groups is 1. The molecule has 2 amide bonds. The number of nitro benzene ring substituents is 1. The summed E-state index contributed by atoms with van der Waals surface area (Å²) in [7, 11) is 1.42. The Morgan fingerprint density at radius 1 is 1.21 bits per heavy atom. The monoisotopic (exact) mass is 546 g/mol. The van der Waals surface area contributed by atoms with E-state index in [2.05, 4.69) is 0 Å². The average Bonchev–Trinajstić information content (AvgIpc) is 3.15. The molecule has 2 aliphatic rings. The summed E-state index contributed by atoms with van der Waals surface area (Å²) in [5.41, 5.74) is 0.309. The van der Waals surface area contributed by atoms with Crippen LogP contribution in [-0.2, 0) is 15.7 Å². The second-order valence-electron chi connectivity index (χ2n) is 10.8. The molecule has 0 bridgehead atoms. The number of rotatable bonds is 5. The molecular weight excluding hydrogens is 517 g/mol. The Morgan fingerprint density at radius 2 is 1.90 bits per heavy atom. The van der Waals surface area contributed by atoms with Crippen LogP contribution in [0, 0.1) is 22.5 Å². The molecule has 0 unspecified atom stereocenters. The smallest absolute Gasteiger partial charge is 0.417 e. The van der Waals surface area contributed by atoms with Gasteiger partial charge in [-0.3, -0.25) is 14.9 Å². The second kappa shape index (κ2) is 10.0. The number of benzene rings is 2. The predicted molar refractivity (Wildman–Crippen MR) is 136 cm³/mol. The Bertz CT molecular complexity index is 1380. The van der Waals surface area contributed by atoms with E-state index in [0.29, 0.717) is 35.3 Å². The summed E-state index contributed by atoms with van der Waals surface area (Å²) >= 11 is 0. The summed E-state index contributed by atoms with van der Waals surface area (Å²) in [6.45, 7) is 7.01. The first-order chi connectivity index (χ1) is 18.1. The number of allylic oxidation sites excluding steroid dienone is 1. The number of hydrogen-bond donors (Lipinski definition) is 0. The maximum atomic E-state index is 14.0. The highest BCUT2D eigenvalue weighted by Crippen LogP contribution is 2.47. The zero-order valence-corrected chi connectivity index (χ0v) is 22.2. The first kappa shape index (κ1) is 28.1. The van der Waals surface area contributed by atoms with Gasteiger partial charge < -0.3 is 9.47 Å². The molecule has 2 aromatic rings. The number of nitrogens with zero attached hydrogens (tertiary/aromatic N) is 2. The van der Waals surface area contributed by atoms with Gasteiger partial charge in [0.05, 0.1) is 23.6 Å². The van der Waals surface area contributed by atoms with Crippen LogP contribution < -0.4 is 4.74 Å². The summed E-state index contributed by atoms with van der Waals surface area (Å²) in [5.74, 6) is -0.301. The van der Waals surface area contributed by atoms with Crippen LogP contribution >= 0.6 is 0 Å². The number of non-ortho nitro benzene ring substituents is 1. The zero-order chi connectivity index (χ0) is 28.9. The number of cyclic esters (lactones) is 1. The quantitative estimate of drug-likeness (QED) is 0.296. The highest BCUT2D eigenvalue weighted by molar-refractivity contribution is 6.09. The van der Waals surface area contributed by atoms with Crippen molar-refractivity contribution in [3.05, 3.63) is 74.3 Å². The van der Waals surface area contributed by atoms with Crippen LogP contribution in [0.2, 0.25) is 0 Å². The molecule has 0 spiro atoms. The predicted octanol–water partition coefficient (Wildman–Crippen LogP) is 7.00. The van der Waals surface area contributed by atoms with E-state index in [1.807, 2.05) is 13.8 Å². The Balaban J connectivity index is 1.78. The fourth-order valence-corrected chi connectivity index (χ4v) is 5.30. The molecule has 11 heteroatoms. The molecule has 1 aliphatic heterocycles. The highest BCUT2D eigenvalue weighted by atomic mass is 19.4. The molecule has 1 heterocycles. The van der Waals surface area contributed by atoms with E-state index in [0.717, 1.165) is 17.0 Å². The van der Waals surface area contributed by atoms with Crippen molar-refractivity contribution in [3.8, 4) is 5.75 Å².